The van der Waals surface area contributed by atoms with Crippen LogP contribution in [0, 0.1) is 0 Å². The second kappa shape index (κ2) is 9.84. The molecule has 0 aliphatic heterocycles. The highest BCUT2D eigenvalue weighted by Crippen LogP contribution is 2.23. The van der Waals surface area contributed by atoms with E-state index in [2.05, 4.69) is 20.8 Å². The Labute approximate surface area is 173 Å². The minimum absolute atomic E-state index is 0.0704. The molecule has 6 nitrogen and oxygen atoms in total. The van der Waals surface area contributed by atoms with Crippen LogP contribution in [0.25, 0.3) is 0 Å². The van der Waals surface area contributed by atoms with E-state index >= 15 is 0 Å². The predicted molar refractivity (Wildman–Crippen MR) is 111 cm³/mol. The van der Waals surface area contributed by atoms with E-state index in [0.717, 1.165) is 17.8 Å². The Balaban J connectivity index is 1.42. The van der Waals surface area contributed by atoms with Gasteiger partial charge in [-0.05, 0) is 42.1 Å². The van der Waals surface area contributed by atoms with E-state index in [4.69, 9.17) is 11.6 Å². The average Bonchev–Trinajstić information content (AvgIpc) is 3.34. The number of nitrogens with one attached hydrogen (secondary N) is 2. The maximum absolute atomic E-state index is 12.2. The van der Waals surface area contributed by atoms with E-state index in [1.54, 1.807) is 35.6 Å². The number of rotatable bonds is 8. The number of hydrogen-bond acceptors (Lipinski definition) is 7. The molecule has 0 spiro atoms. The van der Waals surface area contributed by atoms with Gasteiger partial charge >= 0.3 is 0 Å². The number of carbonyl (C=O) groups is 2. The normalized spacial score (nSPS) is 10.6. The van der Waals surface area contributed by atoms with E-state index in [9.17, 15) is 9.59 Å². The van der Waals surface area contributed by atoms with Gasteiger partial charge in [-0.3, -0.25) is 9.59 Å². The summed E-state index contributed by atoms with van der Waals surface area (Å²) in [6.45, 7) is 0.602. The van der Waals surface area contributed by atoms with Crippen LogP contribution in [0.1, 0.15) is 14.7 Å². The standard InChI is InChI=1S/C17H15ClN4O2S3/c18-11-3-5-12(6-4-11)20-15(24)16-21-22-17(27-16)26-10-14(23)19-8-7-13-2-1-9-25-13/h1-6,9H,7-8,10H2,(H,19,23)(H,20,24). The molecule has 0 unspecified atom stereocenters. The van der Waals surface area contributed by atoms with Crippen molar-refractivity contribution in [3.63, 3.8) is 0 Å². The van der Waals surface area contributed by atoms with E-state index in [-0.39, 0.29) is 22.6 Å². The number of carbonyl (C=O) groups excluding carboxylic acids is 2. The molecule has 2 amide bonds. The number of aromatic nitrogens is 2. The van der Waals surface area contributed by atoms with E-state index in [0.29, 0.717) is 21.6 Å². The molecule has 2 aromatic heterocycles. The smallest absolute Gasteiger partial charge is 0.286 e. The van der Waals surface area contributed by atoms with Crippen molar-refractivity contribution < 1.29 is 9.59 Å². The summed E-state index contributed by atoms with van der Waals surface area (Å²) in [7, 11) is 0. The minimum Gasteiger partial charge on any atom is -0.355 e. The number of anilines is 1. The Kier molecular flexibility index (Phi) is 7.22. The van der Waals surface area contributed by atoms with Crippen molar-refractivity contribution in [1.29, 1.82) is 0 Å². The van der Waals surface area contributed by atoms with Crippen molar-refractivity contribution >= 4 is 63.5 Å². The Morgan fingerprint density at radius 1 is 1.15 bits per heavy atom. The van der Waals surface area contributed by atoms with Gasteiger partial charge in [0.1, 0.15) is 0 Å². The third-order valence-corrected chi connectivity index (χ3v) is 6.55. The zero-order chi connectivity index (χ0) is 19.1. The molecule has 0 radical (unpaired) electrons. The molecule has 0 saturated heterocycles. The molecule has 3 rings (SSSR count). The first-order chi connectivity index (χ1) is 13.1. The average molecular weight is 439 g/mol. The van der Waals surface area contributed by atoms with Gasteiger partial charge in [0.15, 0.2) is 4.34 Å². The summed E-state index contributed by atoms with van der Waals surface area (Å²) >= 11 is 9.90. The molecule has 27 heavy (non-hydrogen) atoms. The number of benzene rings is 1. The molecule has 0 aliphatic carbocycles. The number of halogens is 1. The zero-order valence-corrected chi connectivity index (χ0v) is 17.2. The van der Waals surface area contributed by atoms with Gasteiger partial charge < -0.3 is 10.6 Å². The lowest BCUT2D eigenvalue weighted by Gasteiger charge is -2.02. The Morgan fingerprint density at radius 3 is 2.70 bits per heavy atom. The monoisotopic (exact) mass is 438 g/mol. The molecule has 140 valence electrons. The molecule has 3 aromatic rings. The fraction of sp³-hybridized carbons (Fsp3) is 0.176. The fourth-order valence-corrected chi connectivity index (χ4v) is 4.45. The largest absolute Gasteiger partial charge is 0.355 e. The summed E-state index contributed by atoms with van der Waals surface area (Å²) < 4.78 is 0.574. The molecule has 2 N–H and O–H groups in total. The maximum Gasteiger partial charge on any atom is 0.286 e. The third kappa shape index (κ3) is 6.31. The molecule has 0 bridgehead atoms. The Hall–Kier alpha value is -1.94. The number of thiophene rings is 1. The van der Waals surface area contributed by atoms with Gasteiger partial charge in [0.2, 0.25) is 10.9 Å². The first-order valence-electron chi connectivity index (χ1n) is 7.92. The van der Waals surface area contributed by atoms with Crippen LogP contribution < -0.4 is 10.6 Å². The number of hydrogen-bond donors (Lipinski definition) is 2. The van der Waals surface area contributed by atoms with Crippen molar-refractivity contribution in [2.24, 2.45) is 0 Å². The van der Waals surface area contributed by atoms with Gasteiger partial charge in [-0.2, -0.15) is 0 Å². The first kappa shape index (κ1) is 19.8. The highest BCUT2D eigenvalue weighted by atomic mass is 35.5. The zero-order valence-electron chi connectivity index (χ0n) is 14.0. The van der Waals surface area contributed by atoms with Crippen molar-refractivity contribution in [1.82, 2.24) is 15.5 Å². The molecule has 0 saturated carbocycles. The maximum atomic E-state index is 12.2. The van der Waals surface area contributed by atoms with E-state index < -0.39 is 0 Å². The van der Waals surface area contributed by atoms with Gasteiger partial charge in [-0.15, -0.1) is 21.5 Å². The lowest BCUT2D eigenvalue weighted by Crippen LogP contribution is -2.27. The minimum atomic E-state index is -0.345. The number of thioether (sulfide) groups is 1. The highest BCUT2D eigenvalue weighted by molar-refractivity contribution is 8.01. The van der Waals surface area contributed by atoms with Gasteiger partial charge in [0, 0.05) is 22.1 Å². The number of nitrogens with zero attached hydrogens (tertiary/aromatic N) is 2. The predicted octanol–water partition coefficient (Wildman–Crippen LogP) is 3.96. The summed E-state index contributed by atoms with van der Waals surface area (Å²) in [6.07, 6.45) is 0.821. The fourth-order valence-electron chi connectivity index (χ4n) is 2.04. The van der Waals surface area contributed by atoms with Crippen molar-refractivity contribution in [2.45, 2.75) is 10.8 Å². The molecule has 1 aromatic carbocycles. The molecule has 0 aliphatic rings. The lowest BCUT2D eigenvalue weighted by molar-refractivity contribution is -0.118. The second-order valence-corrected chi connectivity index (χ2v) is 8.97. The SMILES string of the molecule is O=C(CSc1nnc(C(=O)Nc2ccc(Cl)cc2)s1)NCCc1cccs1. The third-order valence-electron chi connectivity index (χ3n) is 3.30. The Bertz CT molecular complexity index is 897. The van der Waals surface area contributed by atoms with Crippen LogP contribution in [-0.2, 0) is 11.2 Å². The molecule has 2 heterocycles. The van der Waals surface area contributed by atoms with E-state index in [1.165, 1.54) is 16.6 Å². The summed E-state index contributed by atoms with van der Waals surface area (Å²) in [5.41, 5.74) is 0.624. The van der Waals surface area contributed by atoms with Crippen molar-refractivity contribution in [3.8, 4) is 0 Å². The van der Waals surface area contributed by atoms with Crippen molar-refractivity contribution in [3.05, 3.63) is 56.7 Å². The first-order valence-corrected chi connectivity index (χ1v) is 11.0. The highest BCUT2D eigenvalue weighted by Gasteiger charge is 2.14. The topological polar surface area (TPSA) is 84.0 Å². The van der Waals surface area contributed by atoms with Crippen LogP contribution in [0.4, 0.5) is 5.69 Å². The quantitative estimate of drug-likeness (QED) is 0.520. The van der Waals surface area contributed by atoms with Gasteiger partial charge in [-0.1, -0.05) is 40.8 Å². The molecule has 0 fully saturated rings. The van der Waals surface area contributed by atoms with Gasteiger partial charge in [0.05, 0.1) is 5.75 Å². The molecule has 10 heteroatoms. The van der Waals surface area contributed by atoms with Crippen LogP contribution in [0.5, 0.6) is 0 Å². The summed E-state index contributed by atoms with van der Waals surface area (Å²) in [6, 6.07) is 10.8. The molecular formula is C17H15ClN4O2S3. The van der Waals surface area contributed by atoms with Gasteiger partial charge in [-0.25, -0.2) is 0 Å². The summed E-state index contributed by atoms with van der Waals surface area (Å²) in [4.78, 5) is 25.3. The summed E-state index contributed by atoms with van der Waals surface area (Å²) in [5.74, 6) is -0.182. The number of amides is 2. The summed E-state index contributed by atoms with van der Waals surface area (Å²) in [5, 5.41) is 16.3. The van der Waals surface area contributed by atoms with Crippen LogP contribution >= 0.6 is 46.0 Å². The van der Waals surface area contributed by atoms with Crippen LogP contribution in [0.15, 0.2) is 46.1 Å². The van der Waals surface area contributed by atoms with Crippen LogP contribution in [0.2, 0.25) is 5.02 Å². The second-order valence-electron chi connectivity index (χ2n) is 5.30. The van der Waals surface area contributed by atoms with Crippen LogP contribution in [0.3, 0.4) is 0 Å². The van der Waals surface area contributed by atoms with Crippen molar-refractivity contribution in [2.75, 3.05) is 17.6 Å². The van der Waals surface area contributed by atoms with E-state index in [1.807, 2.05) is 17.5 Å². The van der Waals surface area contributed by atoms with Crippen LogP contribution in [-0.4, -0.2) is 34.3 Å². The molecule has 0 atom stereocenters. The Morgan fingerprint density at radius 2 is 1.96 bits per heavy atom. The lowest BCUT2D eigenvalue weighted by atomic mass is 10.3. The van der Waals surface area contributed by atoms with Gasteiger partial charge in [0.25, 0.3) is 5.91 Å². The molecular weight excluding hydrogens is 424 g/mol.